The Bertz CT molecular complexity index is 898. The number of aromatic nitrogens is 2. The summed E-state index contributed by atoms with van der Waals surface area (Å²) in [4.78, 5) is 44.0. The summed E-state index contributed by atoms with van der Waals surface area (Å²) in [6.45, 7) is 2.00. The maximum Gasteiger partial charge on any atom is 0.257 e. The predicted molar refractivity (Wildman–Crippen MR) is 96.9 cm³/mol. The van der Waals surface area contributed by atoms with E-state index in [1.807, 2.05) is 6.92 Å². The number of hydrogen-bond acceptors (Lipinski definition) is 5. The van der Waals surface area contributed by atoms with Gasteiger partial charge in [0.25, 0.3) is 5.56 Å². The number of H-pyrrole nitrogens is 1. The molecule has 2 aromatic rings. The molecule has 7 nitrogen and oxygen atoms in total. The first-order valence-electron chi connectivity index (χ1n) is 8.11. The molecule has 0 unspecified atom stereocenters. The average Bonchev–Trinajstić information content (AvgIpc) is 2.60. The molecular formula is C17H17FN4O3S. The zero-order valence-electron chi connectivity index (χ0n) is 14.0. The van der Waals surface area contributed by atoms with Gasteiger partial charge in [-0.25, -0.2) is 9.37 Å². The molecule has 136 valence electrons. The monoisotopic (exact) mass is 376 g/mol. The van der Waals surface area contributed by atoms with E-state index in [2.05, 4.69) is 20.6 Å². The first-order chi connectivity index (χ1) is 12.5. The van der Waals surface area contributed by atoms with Crippen LogP contribution in [0.2, 0.25) is 0 Å². The van der Waals surface area contributed by atoms with Crippen molar-refractivity contribution >= 4 is 35.1 Å². The molecule has 1 atom stereocenters. The highest BCUT2D eigenvalue weighted by Gasteiger charge is 2.34. The standard InChI is InChI=1S/C17H17FN4O3S/c1-2-7-26-17-21-14-13(16(25)22-17)11(8-12(23)20-14)15(24)19-10-5-3-9(18)4-6-10/h3-6,11H,2,7-8H2,1H3,(H,19,24)(H2,20,21,22,23,25)/t11-/m1/s1. The first kappa shape index (κ1) is 18.1. The minimum Gasteiger partial charge on any atom is -0.326 e. The van der Waals surface area contributed by atoms with Crippen LogP contribution in [0.15, 0.2) is 34.2 Å². The number of fused-ring (bicyclic) bond motifs is 1. The molecular weight excluding hydrogens is 359 g/mol. The zero-order valence-corrected chi connectivity index (χ0v) is 14.8. The number of anilines is 2. The van der Waals surface area contributed by atoms with Gasteiger partial charge >= 0.3 is 0 Å². The number of hydrogen-bond donors (Lipinski definition) is 3. The summed E-state index contributed by atoms with van der Waals surface area (Å²) in [5.41, 5.74) is 0.0568. The summed E-state index contributed by atoms with van der Waals surface area (Å²) in [7, 11) is 0. The van der Waals surface area contributed by atoms with Crippen molar-refractivity contribution in [3.63, 3.8) is 0 Å². The molecule has 0 bridgehead atoms. The lowest BCUT2D eigenvalue weighted by Crippen LogP contribution is -2.36. The number of amides is 2. The van der Waals surface area contributed by atoms with Gasteiger partial charge in [0, 0.05) is 17.9 Å². The summed E-state index contributed by atoms with van der Waals surface area (Å²) in [5, 5.41) is 5.56. The van der Waals surface area contributed by atoms with Crippen molar-refractivity contribution in [3.8, 4) is 0 Å². The van der Waals surface area contributed by atoms with Crippen molar-refractivity contribution in [3.05, 3.63) is 46.0 Å². The number of nitrogens with one attached hydrogen (secondary N) is 3. The molecule has 26 heavy (non-hydrogen) atoms. The molecule has 1 aromatic heterocycles. The molecule has 0 spiro atoms. The van der Waals surface area contributed by atoms with Gasteiger partial charge in [0.15, 0.2) is 5.16 Å². The Balaban J connectivity index is 1.90. The lowest BCUT2D eigenvalue weighted by Gasteiger charge is -2.23. The molecule has 3 rings (SSSR count). The summed E-state index contributed by atoms with van der Waals surface area (Å²) in [6.07, 6.45) is 0.743. The van der Waals surface area contributed by atoms with Crippen LogP contribution in [0, 0.1) is 5.82 Å². The molecule has 0 fully saturated rings. The Morgan fingerprint density at radius 1 is 1.35 bits per heavy atom. The van der Waals surface area contributed by atoms with E-state index in [1.54, 1.807) is 0 Å². The molecule has 9 heteroatoms. The van der Waals surface area contributed by atoms with Gasteiger partial charge in [-0.15, -0.1) is 0 Å². The zero-order chi connectivity index (χ0) is 18.7. The van der Waals surface area contributed by atoms with Gasteiger partial charge in [-0.2, -0.15) is 0 Å². The van der Waals surface area contributed by atoms with Gasteiger partial charge in [-0.3, -0.25) is 14.4 Å². The third-order valence-electron chi connectivity index (χ3n) is 3.80. The van der Waals surface area contributed by atoms with Crippen molar-refractivity contribution in [2.75, 3.05) is 16.4 Å². The smallest absolute Gasteiger partial charge is 0.257 e. The first-order valence-corrected chi connectivity index (χ1v) is 9.09. The molecule has 1 aromatic carbocycles. The second kappa shape index (κ2) is 7.69. The number of nitrogens with zero attached hydrogens (tertiary/aromatic N) is 1. The number of halogens is 1. The quantitative estimate of drug-likeness (QED) is 0.549. The third-order valence-corrected chi connectivity index (χ3v) is 4.88. The van der Waals surface area contributed by atoms with Crippen molar-refractivity contribution in [2.24, 2.45) is 0 Å². The number of carbonyl (C=O) groups excluding carboxylic acids is 2. The van der Waals surface area contributed by atoms with Gasteiger partial charge < -0.3 is 15.6 Å². The Kier molecular flexibility index (Phi) is 5.36. The van der Waals surface area contributed by atoms with Crippen molar-refractivity contribution in [2.45, 2.75) is 30.8 Å². The molecule has 1 aliphatic rings. The highest BCUT2D eigenvalue weighted by molar-refractivity contribution is 7.99. The molecule has 0 saturated carbocycles. The molecule has 0 saturated heterocycles. The normalized spacial score (nSPS) is 15.9. The summed E-state index contributed by atoms with van der Waals surface area (Å²) in [6, 6.07) is 5.24. The molecule has 2 heterocycles. The lowest BCUT2D eigenvalue weighted by atomic mass is 9.92. The maximum atomic E-state index is 13.0. The Morgan fingerprint density at radius 3 is 2.77 bits per heavy atom. The van der Waals surface area contributed by atoms with E-state index in [4.69, 9.17) is 0 Å². The van der Waals surface area contributed by atoms with E-state index in [-0.39, 0.29) is 23.7 Å². The van der Waals surface area contributed by atoms with E-state index < -0.39 is 23.2 Å². The van der Waals surface area contributed by atoms with Crippen LogP contribution in [0.25, 0.3) is 0 Å². The maximum absolute atomic E-state index is 13.0. The van der Waals surface area contributed by atoms with Crippen molar-refractivity contribution in [1.29, 1.82) is 0 Å². The van der Waals surface area contributed by atoms with Gasteiger partial charge in [0.1, 0.15) is 11.6 Å². The number of carbonyl (C=O) groups is 2. The van der Waals surface area contributed by atoms with Crippen LogP contribution >= 0.6 is 11.8 Å². The molecule has 2 amide bonds. The predicted octanol–water partition coefficient (Wildman–Crippen LogP) is 2.48. The van der Waals surface area contributed by atoms with E-state index in [9.17, 15) is 18.8 Å². The van der Waals surface area contributed by atoms with Crippen LogP contribution in [-0.2, 0) is 9.59 Å². The number of thioether (sulfide) groups is 1. The van der Waals surface area contributed by atoms with Gasteiger partial charge in [0.05, 0.1) is 11.5 Å². The molecule has 1 aliphatic heterocycles. The fourth-order valence-corrected chi connectivity index (χ4v) is 3.32. The fourth-order valence-electron chi connectivity index (χ4n) is 2.60. The van der Waals surface area contributed by atoms with E-state index in [0.717, 1.165) is 12.2 Å². The van der Waals surface area contributed by atoms with Crippen LogP contribution in [0.5, 0.6) is 0 Å². The Hall–Kier alpha value is -2.68. The van der Waals surface area contributed by atoms with Crippen LogP contribution in [0.3, 0.4) is 0 Å². The van der Waals surface area contributed by atoms with Crippen LogP contribution < -0.4 is 16.2 Å². The van der Waals surface area contributed by atoms with Crippen molar-refractivity contribution < 1.29 is 14.0 Å². The minimum atomic E-state index is -0.967. The minimum absolute atomic E-state index is 0.114. The van der Waals surface area contributed by atoms with Crippen LogP contribution in [0.4, 0.5) is 15.9 Å². The lowest BCUT2D eigenvalue weighted by molar-refractivity contribution is -0.123. The SMILES string of the molecule is CCCSc1nc2c(c(=O)[nH]1)[C@H](C(=O)Nc1ccc(F)cc1)CC(=O)N2. The summed E-state index contributed by atoms with van der Waals surface area (Å²) in [5.74, 6) is -1.42. The van der Waals surface area contributed by atoms with E-state index >= 15 is 0 Å². The van der Waals surface area contributed by atoms with E-state index in [0.29, 0.717) is 10.8 Å². The number of aromatic amines is 1. The third kappa shape index (κ3) is 3.93. The fraction of sp³-hybridized carbons (Fsp3) is 0.294. The summed E-state index contributed by atoms with van der Waals surface area (Å²) < 4.78 is 13.0. The number of benzene rings is 1. The van der Waals surface area contributed by atoms with Crippen LogP contribution in [-0.4, -0.2) is 27.5 Å². The second-order valence-corrected chi connectivity index (χ2v) is 6.87. The largest absolute Gasteiger partial charge is 0.326 e. The Labute approximate surface area is 152 Å². The second-order valence-electron chi connectivity index (χ2n) is 5.78. The van der Waals surface area contributed by atoms with Gasteiger partial charge in [0.2, 0.25) is 11.8 Å². The van der Waals surface area contributed by atoms with Crippen molar-refractivity contribution in [1.82, 2.24) is 9.97 Å². The van der Waals surface area contributed by atoms with E-state index in [1.165, 1.54) is 36.0 Å². The highest BCUT2D eigenvalue weighted by atomic mass is 32.2. The highest BCUT2D eigenvalue weighted by Crippen LogP contribution is 2.30. The van der Waals surface area contributed by atoms with Crippen LogP contribution in [0.1, 0.15) is 31.2 Å². The topological polar surface area (TPSA) is 104 Å². The molecule has 0 aliphatic carbocycles. The molecule has 0 radical (unpaired) electrons. The van der Waals surface area contributed by atoms with Gasteiger partial charge in [-0.1, -0.05) is 18.7 Å². The van der Waals surface area contributed by atoms with Gasteiger partial charge in [-0.05, 0) is 30.7 Å². The number of rotatable bonds is 5. The molecule has 3 N–H and O–H groups in total. The Morgan fingerprint density at radius 2 is 2.08 bits per heavy atom. The summed E-state index contributed by atoms with van der Waals surface area (Å²) >= 11 is 1.37. The average molecular weight is 376 g/mol.